The molecule has 0 aromatic heterocycles. The van der Waals surface area contributed by atoms with E-state index < -0.39 is 6.67 Å². The number of ketones is 2. The van der Waals surface area contributed by atoms with Crippen molar-refractivity contribution in [3.8, 4) is 0 Å². The predicted octanol–water partition coefficient (Wildman–Crippen LogP) is 4.28. The Bertz CT molecular complexity index is 725. The van der Waals surface area contributed by atoms with Crippen molar-refractivity contribution < 1.29 is 14.0 Å². The van der Waals surface area contributed by atoms with Gasteiger partial charge in [-0.3, -0.25) is 14.0 Å². The van der Waals surface area contributed by atoms with Gasteiger partial charge in [0.05, 0.1) is 11.5 Å². The number of alkyl halides is 1. The van der Waals surface area contributed by atoms with Crippen molar-refractivity contribution in [2.24, 2.45) is 40.4 Å². The predicted molar refractivity (Wildman–Crippen MR) is 99.0 cm³/mol. The molecule has 0 heterocycles. The molecule has 7 atom stereocenters. The lowest BCUT2D eigenvalue weighted by Gasteiger charge is -2.60. The van der Waals surface area contributed by atoms with E-state index in [1.807, 2.05) is 6.08 Å². The molecule has 0 aromatic rings. The van der Waals surface area contributed by atoms with Crippen molar-refractivity contribution in [3.05, 3.63) is 24.3 Å². The van der Waals surface area contributed by atoms with Gasteiger partial charge in [-0.15, -0.1) is 0 Å². The van der Waals surface area contributed by atoms with E-state index in [9.17, 15) is 14.0 Å². The molecule has 0 aliphatic heterocycles. The van der Waals surface area contributed by atoms with Crippen molar-refractivity contribution in [1.82, 2.24) is 0 Å². The topological polar surface area (TPSA) is 34.1 Å². The fourth-order valence-electron chi connectivity index (χ4n) is 6.68. The van der Waals surface area contributed by atoms with Crippen molar-refractivity contribution >= 4 is 28.6 Å². The summed E-state index contributed by atoms with van der Waals surface area (Å²) in [5.41, 5.74) is 0.176. The molecule has 3 fully saturated rings. The van der Waals surface area contributed by atoms with Gasteiger partial charge in [0, 0.05) is 29.1 Å². The standard InChI is InChI=1S/C21H25FO2S/c1-11-12(10-22)17-13-4-5-16(24)20(13,2)8-6-14(17)21(3)9-7-15(23)19(25)18(11)21/h7,9,12-14,17-18H,1,4-6,8,10H2,2-3H3/t12-,13+,14+,17+,18?,20+,21-/m1/s1. The van der Waals surface area contributed by atoms with Gasteiger partial charge in [-0.05, 0) is 43.1 Å². The van der Waals surface area contributed by atoms with Crippen LogP contribution >= 0.6 is 12.2 Å². The first-order valence-electron chi connectivity index (χ1n) is 9.31. The van der Waals surface area contributed by atoms with E-state index in [0.29, 0.717) is 17.1 Å². The minimum absolute atomic E-state index is 0.115. The molecule has 4 aliphatic rings. The molecular formula is C21H25FO2S. The van der Waals surface area contributed by atoms with E-state index in [-0.39, 0.29) is 46.2 Å². The highest BCUT2D eigenvalue weighted by Crippen LogP contribution is 2.66. The molecular weight excluding hydrogens is 335 g/mol. The van der Waals surface area contributed by atoms with Crippen molar-refractivity contribution in [1.29, 1.82) is 0 Å². The maximum absolute atomic E-state index is 14.2. The normalized spacial score (nSPS) is 49.0. The zero-order valence-electron chi connectivity index (χ0n) is 14.9. The molecule has 0 bridgehead atoms. The molecule has 2 nitrogen and oxygen atoms in total. The first-order chi connectivity index (χ1) is 11.8. The van der Waals surface area contributed by atoms with Crippen molar-refractivity contribution in [2.45, 2.75) is 39.5 Å². The third-order valence-corrected chi connectivity index (χ3v) is 8.48. The Morgan fingerprint density at radius 3 is 2.68 bits per heavy atom. The number of carbonyl (C=O) groups excluding carboxylic acids is 2. The van der Waals surface area contributed by atoms with E-state index in [1.165, 1.54) is 0 Å². The first-order valence-corrected chi connectivity index (χ1v) is 9.72. The highest BCUT2D eigenvalue weighted by Gasteiger charge is 2.63. The zero-order valence-corrected chi connectivity index (χ0v) is 15.7. The van der Waals surface area contributed by atoms with Gasteiger partial charge in [-0.1, -0.05) is 44.3 Å². The molecule has 0 N–H and O–H groups in total. The van der Waals surface area contributed by atoms with E-state index >= 15 is 0 Å². The summed E-state index contributed by atoms with van der Waals surface area (Å²) in [6.45, 7) is 7.99. The Labute approximate surface area is 153 Å². The van der Waals surface area contributed by atoms with E-state index in [1.54, 1.807) is 6.08 Å². The van der Waals surface area contributed by atoms with Crippen LogP contribution < -0.4 is 0 Å². The highest BCUT2D eigenvalue weighted by molar-refractivity contribution is 7.82. The maximum atomic E-state index is 14.2. The lowest BCUT2D eigenvalue weighted by atomic mass is 9.43. The second-order valence-corrected chi connectivity index (χ2v) is 9.34. The largest absolute Gasteiger partial charge is 0.299 e. The van der Waals surface area contributed by atoms with Crippen LogP contribution in [0, 0.1) is 40.4 Å². The van der Waals surface area contributed by atoms with Crippen LogP contribution in [0.25, 0.3) is 0 Å². The average Bonchev–Trinajstić information content (AvgIpc) is 2.87. The minimum Gasteiger partial charge on any atom is -0.299 e. The fourth-order valence-corrected chi connectivity index (χ4v) is 7.15. The fraction of sp³-hybridized carbons (Fsp3) is 0.667. The van der Waals surface area contributed by atoms with E-state index in [4.69, 9.17) is 12.2 Å². The van der Waals surface area contributed by atoms with Crippen molar-refractivity contribution in [3.63, 3.8) is 0 Å². The summed E-state index contributed by atoms with van der Waals surface area (Å²) in [7, 11) is 0. The summed E-state index contributed by atoms with van der Waals surface area (Å²) in [6.07, 6.45) is 6.83. The molecule has 4 heteroatoms. The quantitative estimate of drug-likeness (QED) is 0.517. The molecule has 0 amide bonds. The van der Waals surface area contributed by atoms with Gasteiger partial charge in [0.2, 0.25) is 0 Å². The number of allylic oxidation sites excluding steroid dienone is 3. The lowest BCUT2D eigenvalue weighted by molar-refractivity contribution is -0.134. The molecule has 1 unspecified atom stereocenters. The molecule has 0 radical (unpaired) electrons. The first kappa shape index (κ1) is 17.3. The van der Waals surface area contributed by atoms with Gasteiger partial charge in [0.25, 0.3) is 0 Å². The molecule has 3 saturated carbocycles. The lowest BCUT2D eigenvalue weighted by Crippen LogP contribution is -2.58. The second kappa shape index (κ2) is 5.42. The monoisotopic (exact) mass is 360 g/mol. The number of rotatable bonds is 1. The van der Waals surface area contributed by atoms with Crippen molar-refractivity contribution in [2.75, 3.05) is 6.67 Å². The molecule has 134 valence electrons. The second-order valence-electron chi connectivity index (χ2n) is 8.90. The molecule has 0 spiro atoms. The Morgan fingerprint density at radius 2 is 2.00 bits per heavy atom. The van der Waals surface area contributed by atoms with Crippen LogP contribution in [-0.2, 0) is 9.59 Å². The highest BCUT2D eigenvalue weighted by atomic mass is 32.1. The zero-order chi connectivity index (χ0) is 18.1. The van der Waals surface area contributed by atoms with Gasteiger partial charge in [-0.2, -0.15) is 0 Å². The Kier molecular flexibility index (Phi) is 3.74. The van der Waals surface area contributed by atoms with Gasteiger partial charge in [-0.25, -0.2) is 0 Å². The van der Waals surface area contributed by atoms with Crippen LogP contribution in [0.1, 0.15) is 39.5 Å². The Balaban J connectivity index is 1.85. The van der Waals surface area contributed by atoms with Gasteiger partial charge in [0.15, 0.2) is 5.78 Å². The molecule has 25 heavy (non-hydrogen) atoms. The number of thiocarbonyl (C=S) groups is 1. The van der Waals surface area contributed by atoms with Crippen LogP contribution in [0.4, 0.5) is 4.39 Å². The van der Waals surface area contributed by atoms with Crippen LogP contribution in [0.15, 0.2) is 24.3 Å². The molecule has 4 aliphatic carbocycles. The van der Waals surface area contributed by atoms with Crippen LogP contribution in [0.2, 0.25) is 0 Å². The summed E-state index contributed by atoms with van der Waals surface area (Å²) >= 11 is 5.47. The number of carbonyl (C=O) groups is 2. The van der Waals surface area contributed by atoms with E-state index in [2.05, 4.69) is 20.4 Å². The Morgan fingerprint density at radius 1 is 1.28 bits per heavy atom. The summed E-state index contributed by atoms with van der Waals surface area (Å²) in [5.74, 6) is 0.246. The molecule has 4 rings (SSSR count). The summed E-state index contributed by atoms with van der Waals surface area (Å²) < 4.78 is 14.2. The van der Waals surface area contributed by atoms with Crippen LogP contribution in [0.5, 0.6) is 0 Å². The van der Waals surface area contributed by atoms with Crippen LogP contribution in [-0.4, -0.2) is 23.1 Å². The van der Waals surface area contributed by atoms with E-state index in [0.717, 1.165) is 24.8 Å². The number of hydrogen-bond acceptors (Lipinski definition) is 3. The van der Waals surface area contributed by atoms with Gasteiger partial charge >= 0.3 is 0 Å². The number of Topliss-reactive ketones (excluding diaryl/α,β-unsaturated/α-hetero) is 1. The van der Waals surface area contributed by atoms with Gasteiger partial charge < -0.3 is 0 Å². The number of hydrogen-bond donors (Lipinski definition) is 0. The maximum Gasteiger partial charge on any atom is 0.192 e. The van der Waals surface area contributed by atoms with Gasteiger partial charge in [0.1, 0.15) is 5.78 Å². The smallest absolute Gasteiger partial charge is 0.192 e. The molecule has 0 aromatic carbocycles. The third kappa shape index (κ3) is 2.03. The summed E-state index contributed by atoms with van der Waals surface area (Å²) in [4.78, 5) is 25.1. The minimum atomic E-state index is -0.478. The Hall–Kier alpha value is -1.16. The summed E-state index contributed by atoms with van der Waals surface area (Å²) in [6, 6.07) is 0. The van der Waals surface area contributed by atoms with Crippen LogP contribution in [0.3, 0.4) is 0 Å². The SMILES string of the molecule is C=C1C2C(=S)C(=O)C=C[C@]2(C)[C@H]2CC[C@]3(C)C(=O)CC[C@H]3[C@@H]2[C@@H]1CF. The number of fused-ring (bicyclic) bond motifs is 5. The summed E-state index contributed by atoms with van der Waals surface area (Å²) in [5, 5.41) is 0. The average molecular weight is 360 g/mol. The third-order valence-electron chi connectivity index (χ3n) is 8.04. The molecule has 0 saturated heterocycles. The number of halogens is 1.